The number of hydrogen-bond acceptors (Lipinski definition) is 2. The van der Waals surface area contributed by atoms with Crippen LogP contribution in [0.1, 0.15) is 30.9 Å². The lowest BCUT2D eigenvalue weighted by Gasteiger charge is -2.10. The molecule has 0 aliphatic heterocycles. The Bertz CT molecular complexity index is 693. The van der Waals surface area contributed by atoms with Gasteiger partial charge >= 0.3 is 0 Å². The fraction of sp³-hybridized carbons (Fsp3) is 0.400. The van der Waals surface area contributed by atoms with Crippen LogP contribution >= 0.6 is 0 Å². The minimum atomic E-state index is -0.184. The van der Waals surface area contributed by atoms with Crippen molar-refractivity contribution in [1.29, 1.82) is 0 Å². The maximum atomic E-state index is 13.2. The van der Waals surface area contributed by atoms with Crippen LogP contribution in [0.2, 0.25) is 0 Å². The molecular formula is C20H24FNO. The quantitative estimate of drug-likeness (QED) is 0.839. The summed E-state index contributed by atoms with van der Waals surface area (Å²) in [5.74, 6) is 1.82. The van der Waals surface area contributed by atoms with E-state index < -0.39 is 0 Å². The highest BCUT2D eigenvalue weighted by Crippen LogP contribution is 2.64. The third-order valence-corrected chi connectivity index (χ3v) is 5.23. The Morgan fingerprint density at radius 3 is 2.43 bits per heavy atom. The average molecular weight is 313 g/mol. The van der Waals surface area contributed by atoms with Crippen molar-refractivity contribution < 1.29 is 9.13 Å². The number of nitrogens with one attached hydrogen (secondary N) is 1. The zero-order valence-electron chi connectivity index (χ0n) is 14.2. The van der Waals surface area contributed by atoms with E-state index in [2.05, 4.69) is 31.3 Å². The molecule has 1 aliphatic carbocycles. The lowest BCUT2D eigenvalue weighted by atomic mass is 10.0. The summed E-state index contributed by atoms with van der Waals surface area (Å²) in [6.07, 6.45) is 0. The molecule has 2 aromatic carbocycles. The summed E-state index contributed by atoms with van der Waals surface area (Å²) in [6.45, 7) is 7.46. The lowest BCUT2D eigenvalue weighted by Crippen LogP contribution is -2.08. The molecule has 0 spiro atoms. The molecule has 3 heteroatoms. The molecule has 2 atom stereocenters. The molecule has 23 heavy (non-hydrogen) atoms. The van der Waals surface area contributed by atoms with Gasteiger partial charge in [-0.05, 0) is 65.6 Å². The molecule has 3 rings (SSSR count). The fourth-order valence-electron chi connectivity index (χ4n) is 3.64. The fourth-order valence-corrected chi connectivity index (χ4v) is 3.64. The van der Waals surface area contributed by atoms with Crippen LogP contribution in [0, 0.1) is 24.1 Å². The molecule has 0 bridgehead atoms. The normalized spacial score (nSPS) is 21.8. The first-order valence-electron chi connectivity index (χ1n) is 8.07. The molecule has 0 saturated heterocycles. The van der Waals surface area contributed by atoms with Gasteiger partial charge in [-0.3, -0.25) is 0 Å². The monoisotopic (exact) mass is 313 g/mol. The van der Waals surface area contributed by atoms with Gasteiger partial charge in [-0.25, -0.2) is 4.39 Å². The second-order valence-electron chi connectivity index (χ2n) is 7.02. The van der Waals surface area contributed by atoms with Crippen LogP contribution < -0.4 is 10.1 Å². The van der Waals surface area contributed by atoms with Gasteiger partial charge in [0.15, 0.2) is 0 Å². The first-order valence-corrected chi connectivity index (χ1v) is 8.07. The highest BCUT2D eigenvalue weighted by atomic mass is 19.1. The first kappa shape index (κ1) is 15.9. The summed E-state index contributed by atoms with van der Waals surface area (Å²) in [5.41, 5.74) is 3.60. The maximum Gasteiger partial charge on any atom is 0.123 e. The zero-order valence-corrected chi connectivity index (χ0v) is 14.2. The predicted molar refractivity (Wildman–Crippen MR) is 92.6 cm³/mol. The largest absolute Gasteiger partial charge is 0.497 e. The smallest absolute Gasteiger partial charge is 0.123 e. The Labute approximate surface area is 137 Å². The molecule has 0 aromatic heterocycles. The number of benzene rings is 2. The van der Waals surface area contributed by atoms with E-state index in [1.165, 1.54) is 11.6 Å². The molecule has 2 nitrogen and oxygen atoms in total. The number of aryl methyl sites for hydroxylation is 1. The number of anilines is 1. The van der Waals surface area contributed by atoms with E-state index in [4.69, 9.17) is 4.74 Å². The van der Waals surface area contributed by atoms with Gasteiger partial charge in [0.05, 0.1) is 7.11 Å². The summed E-state index contributed by atoms with van der Waals surface area (Å²) in [7, 11) is 1.69. The second kappa shape index (κ2) is 5.88. The van der Waals surface area contributed by atoms with Gasteiger partial charge in [-0.2, -0.15) is 0 Å². The summed E-state index contributed by atoms with van der Waals surface area (Å²) in [6, 6.07) is 13.3. The number of ether oxygens (including phenoxy) is 1. The molecule has 0 heterocycles. The van der Waals surface area contributed by atoms with Crippen LogP contribution in [0.5, 0.6) is 5.75 Å². The van der Waals surface area contributed by atoms with Crippen LogP contribution in [-0.4, -0.2) is 13.7 Å². The van der Waals surface area contributed by atoms with Gasteiger partial charge in [-0.15, -0.1) is 0 Å². The van der Waals surface area contributed by atoms with E-state index in [9.17, 15) is 4.39 Å². The number of rotatable bonds is 5. The molecule has 2 unspecified atom stereocenters. The van der Waals surface area contributed by atoms with Crippen LogP contribution in [0.15, 0.2) is 42.5 Å². The lowest BCUT2D eigenvalue weighted by molar-refractivity contribution is 0.414. The molecule has 1 saturated carbocycles. The molecule has 1 N–H and O–H groups in total. The zero-order chi connectivity index (χ0) is 16.6. The first-order chi connectivity index (χ1) is 10.9. The molecule has 1 aliphatic rings. The Balaban J connectivity index is 1.68. The molecule has 1 fully saturated rings. The standard InChI is InChI=1S/C20H24FNO/c1-13-11-15(21)7-10-18(13)22-12-17-19(20(17,2)3)14-5-8-16(23-4)9-6-14/h5-11,17,19,22H,12H2,1-4H3. The van der Waals surface area contributed by atoms with E-state index in [-0.39, 0.29) is 11.2 Å². The summed E-state index contributed by atoms with van der Waals surface area (Å²) < 4.78 is 18.4. The van der Waals surface area contributed by atoms with Gasteiger partial charge in [-0.1, -0.05) is 26.0 Å². The summed E-state index contributed by atoms with van der Waals surface area (Å²) in [5, 5.41) is 3.49. The number of halogens is 1. The topological polar surface area (TPSA) is 21.3 Å². The van der Waals surface area contributed by atoms with Crippen molar-refractivity contribution >= 4 is 5.69 Å². The second-order valence-corrected chi connectivity index (χ2v) is 7.02. The maximum absolute atomic E-state index is 13.2. The van der Waals surface area contributed by atoms with Gasteiger partial charge in [0.25, 0.3) is 0 Å². The van der Waals surface area contributed by atoms with Crippen molar-refractivity contribution in [3.8, 4) is 5.75 Å². The minimum Gasteiger partial charge on any atom is -0.497 e. The molecular weight excluding hydrogens is 289 g/mol. The highest BCUT2D eigenvalue weighted by Gasteiger charge is 2.57. The molecule has 0 radical (unpaired) electrons. The van der Waals surface area contributed by atoms with E-state index in [1.807, 2.05) is 25.1 Å². The van der Waals surface area contributed by atoms with E-state index in [1.54, 1.807) is 13.2 Å². The van der Waals surface area contributed by atoms with Gasteiger partial charge in [0, 0.05) is 12.2 Å². The average Bonchev–Trinajstić information content (AvgIpc) is 3.07. The van der Waals surface area contributed by atoms with Gasteiger partial charge in [0.1, 0.15) is 11.6 Å². The van der Waals surface area contributed by atoms with Crippen molar-refractivity contribution in [2.24, 2.45) is 11.3 Å². The predicted octanol–water partition coefficient (Wildman–Crippen LogP) is 4.99. The van der Waals surface area contributed by atoms with Crippen LogP contribution in [-0.2, 0) is 0 Å². The molecule has 0 amide bonds. The Morgan fingerprint density at radius 1 is 1.13 bits per heavy atom. The van der Waals surface area contributed by atoms with Crippen LogP contribution in [0.4, 0.5) is 10.1 Å². The van der Waals surface area contributed by atoms with E-state index >= 15 is 0 Å². The molecule has 122 valence electrons. The van der Waals surface area contributed by atoms with Gasteiger partial charge < -0.3 is 10.1 Å². The van der Waals surface area contributed by atoms with Crippen LogP contribution in [0.3, 0.4) is 0 Å². The Kier molecular flexibility index (Phi) is 4.05. The SMILES string of the molecule is COc1ccc(C2C(CNc3ccc(F)cc3C)C2(C)C)cc1. The van der Waals surface area contributed by atoms with Crippen molar-refractivity contribution in [2.45, 2.75) is 26.7 Å². The third kappa shape index (κ3) is 3.05. The highest BCUT2D eigenvalue weighted by molar-refractivity contribution is 5.51. The number of methoxy groups -OCH3 is 1. The summed E-state index contributed by atoms with van der Waals surface area (Å²) >= 11 is 0. The van der Waals surface area contributed by atoms with E-state index in [0.29, 0.717) is 11.8 Å². The Hall–Kier alpha value is -2.03. The third-order valence-electron chi connectivity index (χ3n) is 5.23. The van der Waals surface area contributed by atoms with Gasteiger partial charge in [0.2, 0.25) is 0 Å². The molecule has 2 aromatic rings. The van der Waals surface area contributed by atoms with Crippen LogP contribution in [0.25, 0.3) is 0 Å². The number of hydrogen-bond donors (Lipinski definition) is 1. The van der Waals surface area contributed by atoms with Crippen molar-refractivity contribution in [3.63, 3.8) is 0 Å². The summed E-state index contributed by atoms with van der Waals surface area (Å²) in [4.78, 5) is 0. The van der Waals surface area contributed by atoms with Crippen molar-refractivity contribution in [2.75, 3.05) is 19.0 Å². The Morgan fingerprint density at radius 2 is 1.83 bits per heavy atom. The van der Waals surface area contributed by atoms with Crippen molar-refractivity contribution in [1.82, 2.24) is 0 Å². The minimum absolute atomic E-state index is 0.184. The van der Waals surface area contributed by atoms with Crippen molar-refractivity contribution in [3.05, 3.63) is 59.4 Å². The van der Waals surface area contributed by atoms with E-state index in [0.717, 1.165) is 23.5 Å².